The van der Waals surface area contributed by atoms with E-state index < -0.39 is 0 Å². The fourth-order valence-corrected chi connectivity index (χ4v) is 4.37. The molecule has 0 radical (unpaired) electrons. The fourth-order valence-electron chi connectivity index (χ4n) is 4.37. The summed E-state index contributed by atoms with van der Waals surface area (Å²) in [7, 11) is 0. The third-order valence-electron chi connectivity index (χ3n) is 6.35. The molecule has 1 fully saturated rings. The van der Waals surface area contributed by atoms with E-state index in [4.69, 9.17) is 0 Å². The van der Waals surface area contributed by atoms with Crippen molar-refractivity contribution in [2.24, 2.45) is 11.8 Å². The summed E-state index contributed by atoms with van der Waals surface area (Å²) in [6.07, 6.45) is 19.0. The van der Waals surface area contributed by atoms with E-state index in [2.05, 4.69) is 48.1 Å². The van der Waals surface area contributed by atoms with Gasteiger partial charge in [-0.25, -0.2) is 9.97 Å². The first-order valence-electron chi connectivity index (χ1n) is 11.2. The maximum Gasteiger partial charge on any atom is 0.159 e. The predicted octanol–water partition coefficient (Wildman–Crippen LogP) is 7.03. The van der Waals surface area contributed by atoms with E-state index in [1.165, 1.54) is 75.3 Å². The third kappa shape index (κ3) is 6.16. The molecule has 1 aliphatic carbocycles. The van der Waals surface area contributed by atoms with Gasteiger partial charge in [-0.05, 0) is 42.2 Å². The highest BCUT2D eigenvalue weighted by Gasteiger charge is 2.20. The van der Waals surface area contributed by atoms with E-state index >= 15 is 0 Å². The smallest absolute Gasteiger partial charge is 0.159 e. The zero-order valence-electron chi connectivity index (χ0n) is 17.3. The highest BCUT2D eigenvalue weighted by atomic mass is 14.9. The quantitative estimate of drug-likeness (QED) is 0.446. The van der Waals surface area contributed by atoms with Gasteiger partial charge in [-0.2, -0.15) is 0 Å². The Bertz CT molecular complexity index is 652. The molecular formula is C25H36N2. The van der Waals surface area contributed by atoms with Crippen LogP contribution in [0.3, 0.4) is 0 Å². The maximum atomic E-state index is 4.49. The highest BCUT2D eigenvalue weighted by molar-refractivity contribution is 5.55. The van der Waals surface area contributed by atoms with Gasteiger partial charge < -0.3 is 0 Å². The normalized spacial score (nSPS) is 19.9. The van der Waals surface area contributed by atoms with Crippen molar-refractivity contribution in [1.29, 1.82) is 0 Å². The van der Waals surface area contributed by atoms with Gasteiger partial charge in [0, 0.05) is 18.0 Å². The van der Waals surface area contributed by atoms with Gasteiger partial charge in [-0.3, -0.25) is 0 Å². The third-order valence-corrected chi connectivity index (χ3v) is 6.35. The Morgan fingerprint density at radius 3 is 2.00 bits per heavy atom. The molecule has 1 heterocycles. The van der Waals surface area contributed by atoms with Crippen molar-refractivity contribution in [3.8, 4) is 11.4 Å². The monoisotopic (exact) mass is 364 g/mol. The van der Waals surface area contributed by atoms with Crippen LogP contribution >= 0.6 is 0 Å². The molecule has 27 heavy (non-hydrogen) atoms. The maximum absolute atomic E-state index is 4.49. The summed E-state index contributed by atoms with van der Waals surface area (Å²) in [5, 5.41) is 0. The van der Waals surface area contributed by atoms with Crippen LogP contribution in [-0.2, 0) is 12.8 Å². The Morgan fingerprint density at radius 1 is 0.778 bits per heavy atom. The van der Waals surface area contributed by atoms with E-state index in [1.807, 2.05) is 12.4 Å². The van der Waals surface area contributed by atoms with Crippen LogP contribution in [0.15, 0.2) is 36.7 Å². The van der Waals surface area contributed by atoms with Gasteiger partial charge in [0.15, 0.2) is 5.82 Å². The van der Waals surface area contributed by atoms with Crippen LogP contribution in [0.2, 0.25) is 0 Å². The Labute approximate surface area is 165 Å². The molecule has 0 bridgehead atoms. The predicted molar refractivity (Wildman–Crippen MR) is 115 cm³/mol. The summed E-state index contributed by atoms with van der Waals surface area (Å²) in [6, 6.07) is 8.90. The Morgan fingerprint density at radius 2 is 1.41 bits per heavy atom. The van der Waals surface area contributed by atoms with Crippen molar-refractivity contribution in [3.05, 3.63) is 47.8 Å². The lowest BCUT2D eigenvalue weighted by Crippen LogP contribution is -2.15. The summed E-state index contributed by atoms with van der Waals surface area (Å²) in [4.78, 5) is 8.98. The molecule has 1 aromatic heterocycles. The summed E-state index contributed by atoms with van der Waals surface area (Å²) in [5.41, 5.74) is 3.76. The molecule has 0 saturated heterocycles. The minimum atomic E-state index is 0.833. The number of aryl methyl sites for hydroxylation is 2. The van der Waals surface area contributed by atoms with Gasteiger partial charge in [0.1, 0.15) is 0 Å². The molecule has 0 amide bonds. The molecule has 1 saturated carbocycles. The number of rotatable bonds is 9. The van der Waals surface area contributed by atoms with E-state index in [-0.39, 0.29) is 0 Å². The van der Waals surface area contributed by atoms with Crippen LogP contribution in [0.25, 0.3) is 11.4 Å². The van der Waals surface area contributed by atoms with Gasteiger partial charge >= 0.3 is 0 Å². The number of hydrogen-bond acceptors (Lipinski definition) is 2. The first-order valence-corrected chi connectivity index (χ1v) is 11.2. The van der Waals surface area contributed by atoms with Crippen LogP contribution in [-0.4, -0.2) is 9.97 Å². The molecule has 0 atom stereocenters. The lowest BCUT2D eigenvalue weighted by Gasteiger charge is -2.28. The summed E-state index contributed by atoms with van der Waals surface area (Å²) in [6.45, 7) is 4.44. The van der Waals surface area contributed by atoms with Crippen LogP contribution in [0, 0.1) is 11.8 Å². The SMILES string of the molecule is CCCCCC1CCC(CCc2ccc(-c3ncc(CC)cn3)cc2)CC1. The van der Waals surface area contributed by atoms with Crippen LogP contribution in [0.5, 0.6) is 0 Å². The minimum absolute atomic E-state index is 0.833. The van der Waals surface area contributed by atoms with Gasteiger partial charge in [0.25, 0.3) is 0 Å². The van der Waals surface area contributed by atoms with Crippen molar-refractivity contribution < 1.29 is 0 Å². The average molecular weight is 365 g/mol. The first-order chi connectivity index (χ1) is 13.3. The number of nitrogens with zero attached hydrogens (tertiary/aromatic N) is 2. The van der Waals surface area contributed by atoms with E-state index in [0.29, 0.717) is 0 Å². The molecule has 0 unspecified atom stereocenters. The van der Waals surface area contributed by atoms with Gasteiger partial charge in [0.2, 0.25) is 0 Å². The standard InChI is InChI=1S/C25H36N2/c1-3-5-6-7-21-8-10-22(11-9-21)12-13-23-14-16-24(17-15-23)25-26-18-20(4-2)19-27-25/h14-19,21-22H,3-13H2,1-2H3. The molecular weight excluding hydrogens is 328 g/mol. The Kier molecular flexibility index (Phi) is 7.86. The molecule has 2 heteroatoms. The van der Waals surface area contributed by atoms with E-state index in [9.17, 15) is 0 Å². The molecule has 1 aromatic carbocycles. The van der Waals surface area contributed by atoms with Crippen molar-refractivity contribution >= 4 is 0 Å². The van der Waals surface area contributed by atoms with E-state index in [0.717, 1.165) is 29.6 Å². The van der Waals surface area contributed by atoms with E-state index in [1.54, 1.807) is 0 Å². The largest absolute Gasteiger partial charge is 0.236 e. The number of aromatic nitrogens is 2. The summed E-state index contributed by atoms with van der Waals surface area (Å²) < 4.78 is 0. The topological polar surface area (TPSA) is 25.8 Å². The van der Waals surface area contributed by atoms with Crippen molar-refractivity contribution in [3.63, 3.8) is 0 Å². The zero-order valence-corrected chi connectivity index (χ0v) is 17.3. The number of benzene rings is 1. The van der Waals surface area contributed by atoms with Crippen LogP contribution in [0.1, 0.15) is 82.8 Å². The highest BCUT2D eigenvalue weighted by Crippen LogP contribution is 2.34. The molecule has 0 aliphatic heterocycles. The Hall–Kier alpha value is -1.70. The van der Waals surface area contributed by atoms with Gasteiger partial charge in [-0.15, -0.1) is 0 Å². The van der Waals surface area contributed by atoms with Crippen molar-refractivity contribution in [2.75, 3.05) is 0 Å². The average Bonchev–Trinajstić information content (AvgIpc) is 2.74. The van der Waals surface area contributed by atoms with Crippen molar-refractivity contribution in [1.82, 2.24) is 9.97 Å². The van der Waals surface area contributed by atoms with Crippen LogP contribution in [0.4, 0.5) is 0 Å². The second kappa shape index (κ2) is 10.6. The molecule has 0 N–H and O–H groups in total. The fraction of sp³-hybridized carbons (Fsp3) is 0.600. The molecule has 2 nitrogen and oxygen atoms in total. The summed E-state index contributed by atoms with van der Waals surface area (Å²) in [5.74, 6) is 2.79. The Balaban J connectivity index is 1.42. The number of hydrogen-bond donors (Lipinski definition) is 0. The molecule has 0 spiro atoms. The molecule has 1 aliphatic rings. The molecule has 3 rings (SSSR count). The van der Waals surface area contributed by atoms with Crippen molar-refractivity contribution in [2.45, 2.75) is 84.5 Å². The molecule has 2 aromatic rings. The minimum Gasteiger partial charge on any atom is -0.236 e. The summed E-state index contributed by atoms with van der Waals surface area (Å²) >= 11 is 0. The van der Waals surface area contributed by atoms with Gasteiger partial charge in [0.05, 0.1) is 0 Å². The van der Waals surface area contributed by atoms with Gasteiger partial charge in [-0.1, -0.05) is 89.5 Å². The lowest BCUT2D eigenvalue weighted by molar-refractivity contribution is 0.249. The second-order valence-corrected chi connectivity index (χ2v) is 8.39. The lowest BCUT2D eigenvalue weighted by atomic mass is 9.78. The zero-order chi connectivity index (χ0) is 18.9. The molecule has 146 valence electrons. The van der Waals surface area contributed by atoms with Crippen LogP contribution < -0.4 is 0 Å². The first kappa shape index (κ1) is 20.0. The second-order valence-electron chi connectivity index (χ2n) is 8.39. The number of unbranched alkanes of at least 4 members (excludes halogenated alkanes) is 2.